The Morgan fingerprint density at radius 2 is 2.26 bits per heavy atom. The molecule has 1 aromatic carbocycles. The summed E-state index contributed by atoms with van der Waals surface area (Å²) in [5, 5.41) is 10.1. The highest BCUT2D eigenvalue weighted by molar-refractivity contribution is 5.41. The van der Waals surface area contributed by atoms with Crippen LogP contribution in [0.1, 0.15) is 17.3 Å². The summed E-state index contributed by atoms with van der Waals surface area (Å²) in [6.07, 6.45) is 4.76. The van der Waals surface area contributed by atoms with Gasteiger partial charge in [-0.2, -0.15) is 0 Å². The van der Waals surface area contributed by atoms with E-state index in [1.165, 1.54) is 5.56 Å². The third-order valence-corrected chi connectivity index (χ3v) is 5.42. The predicted octanol–water partition coefficient (Wildman–Crippen LogP) is 1.43. The molecule has 0 spiro atoms. The molecule has 0 saturated carbocycles. The molecule has 2 aliphatic heterocycles. The fourth-order valence-corrected chi connectivity index (χ4v) is 4.04. The van der Waals surface area contributed by atoms with Crippen molar-refractivity contribution in [3.8, 4) is 5.75 Å². The van der Waals surface area contributed by atoms with Crippen molar-refractivity contribution in [1.82, 2.24) is 14.5 Å². The van der Waals surface area contributed by atoms with Gasteiger partial charge in [-0.15, -0.1) is 0 Å². The molecule has 2 aromatic rings. The molecule has 23 heavy (non-hydrogen) atoms. The summed E-state index contributed by atoms with van der Waals surface area (Å²) in [6, 6.07) is 8.25. The van der Waals surface area contributed by atoms with E-state index in [4.69, 9.17) is 4.74 Å². The van der Waals surface area contributed by atoms with Crippen LogP contribution < -0.4 is 4.74 Å². The highest BCUT2D eigenvalue weighted by Gasteiger charge is 2.50. The quantitative estimate of drug-likeness (QED) is 0.928. The minimum atomic E-state index is -0.171. The van der Waals surface area contributed by atoms with E-state index in [-0.39, 0.29) is 12.0 Å². The van der Waals surface area contributed by atoms with Crippen LogP contribution in [0.4, 0.5) is 0 Å². The van der Waals surface area contributed by atoms with Gasteiger partial charge in [-0.3, -0.25) is 0 Å². The van der Waals surface area contributed by atoms with Gasteiger partial charge in [0.15, 0.2) is 0 Å². The fraction of sp³-hybridized carbons (Fsp3) is 0.500. The van der Waals surface area contributed by atoms with Crippen LogP contribution in [0.15, 0.2) is 36.7 Å². The van der Waals surface area contributed by atoms with Gasteiger partial charge >= 0.3 is 0 Å². The Labute approximate surface area is 136 Å². The maximum absolute atomic E-state index is 10.1. The molecule has 0 aliphatic carbocycles. The van der Waals surface area contributed by atoms with Gasteiger partial charge in [-0.1, -0.05) is 18.2 Å². The van der Waals surface area contributed by atoms with Gasteiger partial charge in [-0.05, 0) is 11.6 Å². The van der Waals surface area contributed by atoms with Crippen LogP contribution in [0.5, 0.6) is 5.75 Å². The first-order chi connectivity index (χ1) is 11.2. The molecule has 5 nitrogen and oxygen atoms in total. The highest BCUT2D eigenvalue weighted by atomic mass is 16.5. The topological polar surface area (TPSA) is 50.5 Å². The summed E-state index contributed by atoms with van der Waals surface area (Å²) in [4.78, 5) is 6.85. The number of fused-ring (bicyclic) bond motifs is 3. The number of para-hydroxylation sites is 1. The van der Waals surface area contributed by atoms with Crippen molar-refractivity contribution < 1.29 is 9.84 Å². The van der Waals surface area contributed by atoms with E-state index in [2.05, 4.69) is 26.6 Å². The van der Waals surface area contributed by atoms with Crippen LogP contribution in [0.3, 0.4) is 0 Å². The average Bonchev–Trinajstić information content (AvgIpc) is 3.16. The number of rotatable bonds is 4. The smallest absolute Gasteiger partial charge is 0.122 e. The molecule has 0 bridgehead atoms. The molecule has 0 amide bonds. The lowest BCUT2D eigenvalue weighted by molar-refractivity contribution is 0.0462. The molecular formula is C18H23N3O2. The summed E-state index contributed by atoms with van der Waals surface area (Å²) in [5.74, 6) is 2.43. The number of hydrogen-bond acceptors (Lipinski definition) is 4. The minimum absolute atomic E-state index is 0.171. The second-order valence-corrected chi connectivity index (χ2v) is 6.84. The number of aromatic nitrogens is 2. The van der Waals surface area contributed by atoms with Crippen molar-refractivity contribution in [1.29, 1.82) is 0 Å². The largest absolute Gasteiger partial charge is 0.493 e. The Morgan fingerprint density at radius 3 is 3.04 bits per heavy atom. The summed E-state index contributed by atoms with van der Waals surface area (Å²) in [6.45, 7) is 3.60. The molecule has 5 heteroatoms. The molecule has 1 aromatic heterocycles. The summed E-state index contributed by atoms with van der Waals surface area (Å²) in [7, 11) is 2.03. The number of benzene rings is 1. The van der Waals surface area contributed by atoms with E-state index in [1.54, 1.807) is 0 Å². The van der Waals surface area contributed by atoms with Crippen molar-refractivity contribution in [2.24, 2.45) is 12.5 Å². The van der Waals surface area contributed by atoms with E-state index in [1.807, 2.05) is 31.6 Å². The third-order valence-electron chi connectivity index (χ3n) is 5.42. The maximum Gasteiger partial charge on any atom is 0.122 e. The van der Waals surface area contributed by atoms with Crippen LogP contribution in [0.2, 0.25) is 0 Å². The first kappa shape index (κ1) is 14.7. The van der Waals surface area contributed by atoms with Gasteiger partial charge < -0.3 is 19.3 Å². The lowest BCUT2D eigenvalue weighted by Crippen LogP contribution is -2.42. The third kappa shape index (κ3) is 2.44. The number of aliphatic hydroxyl groups excluding tert-OH is 1. The van der Waals surface area contributed by atoms with Gasteiger partial charge in [-0.25, -0.2) is 4.98 Å². The maximum atomic E-state index is 10.1. The van der Waals surface area contributed by atoms with Gasteiger partial charge in [0, 0.05) is 56.8 Å². The lowest BCUT2D eigenvalue weighted by atomic mass is 9.74. The van der Waals surface area contributed by atoms with E-state index in [9.17, 15) is 5.11 Å². The Balaban J connectivity index is 1.53. The number of likely N-dealkylation sites (tertiary alicyclic amines) is 1. The fourth-order valence-electron chi connectivity index (χ4n) is 4.04. The molecular weight excluding hydrogens is 290 g/mol. The van der Waals surface area contributed by atoms with E-state index < -0.39 is 0 Å². The van der Waals surface area contributed by atoms with Crippen LogP contribution in [-0.4, -0.2) is 52.4 Å². The standard InChI is InChI=1S/C18H23N3O2/c1-20-9-7-19-17(20)6-8-21-10-15-14-4-2-3-5-16(14)23-13-18(15,11-21)12-22/h2-5,7,9,15,22H,6,8,10-13H2,1H3/t15-,18-/m0/s1. The zero-order valence-electron chi connectivity index (χ0n) is 13.5. The van der Waals surface area contributed by atoms with E-state index in [0.29, 0.717) is 12.5 Å². The monoisotopic (exact) mass is 313 g/mol. The van der Waals surface area contributed by atoms with Crippen LogP contribution >= 0.6 is 0 Å². The molecule has 4 rings (SSSR count). The second kappa shape index (κ2) is 5.65. The summed E-state index contributed by atoms with van der Waals surface area (Å²) in [5.41, 5.74) is 1.07. The van der Waals surface area contributed by atoms with Gasteiger partial charge in [0.25, 0.3) is 0 Å². The summed E-state index contributed by atoms with van der Waals surface area (Å²) >= 11 is 0. The number of imidazole rings is 1. The van der Waals surface area contributed by atoms with Crippen molar-refractivity contribution in [2.75, 3.05) is 32.8 Å². The number of hydrogen-bond donors (Lipinski definition) is 1. The van der Waals surface area contributed by atoms with Crippen LogP contribution in [0, 0.1) is 5.41 Å². The van der Waals surface area contributed by atoms with E-state index >= 15 is 0 Å². The number of ether oxygens (including phenoxy) is 1. The van der Waals surface area contributed by atoms with Crippen molar-refractivity contribution in [2.45, 2.75) is 12.3 Å². The predicted molar refractivity (Wildman–Crippen MR) is 87.5 cm³/mol. The number of nitrogens with zero attached hydrogens (tertiary/aromatic N) is 3. The van der Waals surface area contributed by atoms with Crippen molar-refractivity contribution in [3.05, 3.63) is 48.0 Å². The normalized spacial score (nSPS) is 26.6. The number of aliphatic hydroxyl groups is 1. The molecule has 122 valence electrons. The molecule has 1 N–H and O–H groups in total. The van der Waals surface area contributed by atoms with Crippen molar-refractivity contribution >= 4 is 0 Å². The molecule has 1 fully saturated rings. The van der Waals surface area contributed by atoms with Gasteiger partial charge in [0.1, 0.15) is 11.6 Å². The molecule has 0 radical (unpaired) electrons. The number of aryl methyl sites for hydroxylation is 1. The molecule has 0 unspecified atom stereocenters. The minimum Gasteiger partial charge on any atom is -0.493 e. The van der Waals surface area contributed by atoms with Gasteiger partial charge in [0.2, 0.25) is 0 Å². The molecule has 2 aliphatic rings. The second-order valence-electron chi connectivity index (χ2n) is 6.84. The van der Waals surface area contributed by atoms with E-state index in [0.717, 1.165) is 37.6 Å². The van der Waals surface area contributed by atoms with Crippen molar-refractivity contribution in [3.63, 3.8) is 0 Å². The highest BCUT2D eigenvalue weighted by Crippen LogP contribution is 2.49. The van der Waals surface area contributed by atoms with Crippen LogP contribution in [-0.2, 0) is 13.5 Å². The Kier molecular flexibility index (Phi) is 3.62. The zero-order chi connectivity index (χ0) is 15.9. The van der Waals surface area contributed by atoms with Crippen LogP contribution in [0.25, 0.3) is 0 Å². The lowest BCUT2D eigenvalue weighted by Gasteiger charge is -2.38. The summed E-state index contributed by atoms with van der Waals surface area (Å²) < 4.78 is 8.02. The zero-order valence-corrected chi connectivity index (χ0v) is 13.5. The first-order valence-electron chi connectivity index (χ1n) is 8.23. The molecule has 2 atom stereocenters. The Bertz CT molecular complexity index is 699. The Hall–Kier alpha value is -1.85. The Morgan fingerprint density at radius 1 is 1.39 bits per heavy atom. The molecule has 3 heterocycles. The average molecular weight is 313 g/mol. The van der Waals surface area contributed by atoms with Gasteiger partial charge in [0.05, 0.1) is 13.2 Å². The molecule has 1 saturated heterocycles. The first-order valence-corrected chi connectivity index (χ1v) is 8.23. The SMILES string of the molecule is Cn1ccnc1CCN1C[C@H]2c3ccccc3OC[C@@]2(CO)C1.